The number of aromatic nitrogens is 1. The highest BCUT2D eigenvalue weighted by Gasteiger charge is 2.05. The molecule has 0 radical (unpaired) electrons. The van der Waals surface area contributed by atoms with Crippen LogP contribution < -0.4 is 0 Å². The molecule has 18 heavy (non-hydrogen) atoms. The quantitative estimate of drug-likeness (QED) is 0.793. The topological polar surface area (TPSA) is 39.2 Å². The molecule has 2 aromatic rings. The summed E-state index contributed by atoms with van der Waals surface area (Å²) in [7, 11) is 1.38. The van der Waals surface area contributed by atoms with Gasteiger partial charge in [-0.2, -0.15) is 0 Å². The van der Waals surface area contributed by atoms with Crippen molar-refractivity contribution in [3.05, 3.63) is 53.9 Å². The van der Waals surface area contributed by atoms with E-state index in [9.17, 15) is 4.79 Å². The molecule has 0 saturated carbocycles. The van der Waals surface area contributed by atoms with Crippen LogP contribution in [0.4, 0.5) is 0 Å². The number of rotatable bonds is 3. The standard InChI is InChI=1S/C14H13NO2S/c1-10-7-8-15-9-13(10)18-12-5-3-11(4-6-12)14(16)17-2/h3-9H,1-2H3. The van der Waals surface area contributed by atoms with Crippen molar-refractivity contribution in [3.8, 4) is 0 Å². The molecule has 0 amide bonds. The van der Waals surface area contributed by atoms with Crippen molar-refractivity contribution in [3.63, 3.8) is 0 Å². The normalized spacial score (nSPS) is 10.1. The summed E-state index contributed by atoms with van der Waals surface area (Å²) in [6.45, 7) is 2.05. The minimum atomic E-state index is -0.316. The van der Waals surface area contributed by atoms with E-state index in [4.69, 9.17) is 0 Å². The Hall–Kier alpha value is -1.81. The van der Waals surface area contributed by atoms with E-state index < -0.39 is 0 Å². The smallest absolute Gasteiger partial charge is 0.337 e. The van der Waals surface area contributed by atoms with Crippen LogP contribution in [0.1, 0.15) is 15.9 Å². The molecule has 0 aliphatic carbocycles. The number of pyridine rings is 1. The first kappa shape index (κ1) is 12.6. The SMILES string of the molecule is COC(=O)c1ccc(Sc2cnccc2C)cc1. The molecule has 1 aromatic carbocycles. The Kier molecular flexibility index (Phi) is 3.99. The zero-order valence-corrected chi connectivity index (χ0v) is 11.0. The Morgan fingerprint density at radius 1 is 1.22 bits per heavy atom. The lowest BCUT2D eigenvalue weighted by Crippen LogP contribution is -2.00. The first-order chi connectivity index (χ1) is 8.70. The molecule has 0 bridgehead atoms. The highest BCUT2D eigenvalue weighted by atomic mass is 32.2. The fourth-order valence-corrected chi connectivity index (χ4v) is 2.33. The van der Waals surface area contributed by atoms with Gasteiger partial charge in [0.05, 0.1) is 12.7 Å². The highest BCUT2D eigenvalue weighted by molar-refractivity contribution is 7.99. The lowest BCUT2D eigenvalue weighted by Gasteiger charge is -2.05. The lowest BCUT2D eigenvalue weighted by molar-refractivity contribution is 0.0600. The van der Waals surface area contributed by atoms with Crippen LogP contribution in [0, 0.1) is 6.92 Å². The van der Waals surface area contributed by atoms with E-state index in [1.54, 1.807) is 30.1 Å². The van der Waals surface area contributed by atoms with Gasteiger partial charge < -0.3 is 4.74 Å². The van der Waals surface area contributed by atoms with Crippen molar-refractivity contribution >= 4 is 17.7 Å². The Morgan fingerprint density at radius 2 is 1.94 bits per heavy atom. The largest absolute Gasteiger partial charge is 0.465 e. The first-order valence-electron chi connectivity index (χ1n) is 5.47. The number of benzene rings is 1. The van der Waals surface area contributed by atoms with Gasteiger partial charge in [0.25, 0.3) is 0 Å². The van der Waals surface area contributed by atoms with Crippen LogP contribution in [0.5, 0.6) is 0 Å². The van der Waals surface area contributed by atoms with E-state index in [0.29, 0.717) is 5.56 Å². The van der Waals surface area contributed by atoms with Crippen molar-refractivity contribution in [2.75, 3.05) is 7.11 Å². The van der Waals surface area contributed by atoms with Crippen LogP contribution in [-0.2, 0) is 4.74 Å². The molecule has 4 heteroatoms. The van der Waals surface area contributed by atoms with Crippen LogP contribution >= 0.6 is 11.8 Å². The van der Waals surface area contributed by atoms with Gasteiger partial charge in [-0.25, -0.2) is 4.79 Å². The van der Waals surface area contributed by atoms with Gasteiger partial charge in [0.1, 0.15) is 0 Å². The van der Waals surface area contributed by atoms with Gasteiger partial charge in [-0.05, 0) is 42.8 Å². The number of hydrogen-bond acceptors (Lipinski definition) is 4. The Balaban J connectivity index is 2.16. The summed E-state index contributed by atoms with van der Waals surface area (Å²) in [4.78, 5) is 17.6. The van der Waals surface area contributed by atoms with Gasteiger partial charge in [-0.15, -0.1) is 0 Å². The predicted molar refractivity (Wildman–Crippen MR) is 70.9 cm³/mol. The van der Waals surface area contributed by atoms with E-state index in [1.165, 1.54) is 12.7 Å². The highest BCUT2D eigenvalue weighted by Crippen LogP contribution is 2.29. The predicted octanol–water partition coefficient (Wildman–Crippen LogP) is 3.33. The van der Waals surface area contributed by atoms with Gasteiger partial charge in [0.15, 0.2) is 0 Å². The van der Waals surface area contributed by atoms with E-state index >= 15 is 0 Å². The van der Waals surface area contributed by atoms with Crippen molar-refractivity contribution in [2.24, 2.45) is 0 Å². The lowest BCUT2D eigenvalue weighted by atomic mass is 10.2. The molecular weight excluding hydrogens is 246 g/mol. The summed E-state index contributed by atoms with van der Waals surface area (Å²) in [5.74, 6) is -0.316. The second-order valence-electron chi connectivity index (χ2n) is 3.76. The number of hydrogen-bond donors (Lipinski definition) is 0. The molecule has 0 atom stereocenters. The maximum atomic E-state index is 11.3. The molecule has 0 saturated heterocycles. The average molecular weight is 259 g/mol. The molecule has 1 aromatic heterocycles. The van der Waals surface area contributed by atoms with E-state index in [2.05, 4.69) is 9.72 Å². The molecule has 1 heterocycles. The summed E-state index contributed by atoms with van der Waals surface area (Å²) in [5.41, 5.74) is 1.75. The van der Waals surface area contributed by atoms with E-state index in [-0.39, 0.29) is 5.97 Å². The molecule has 92 valence electrons. The summed E-state index contributed by atoms with van der Waals surface area (Å²) >= 11 is 1.63. The van der Waals surface area contributed by atoms with Crippen LogP contribution in [0.15, 0.2) is 52.5 Å². The van der Waals surface area contributed by atoms with E-state index in [0.717, 1.165) is 9.79 Å². The number of aryl methyl sites for hydroxylation is 1. The third-order valence-corrected chi connectivity index (χ3v) is 3.65. The minimum Gasteiger partial charge on any atom is -0.465 e. The number of nitrogens with zero attached hydrogens (tertiary/aromatic N) is 1. The van der Waals surface area contributed by atoms with Crippen molar-refractivity contribution in [1.82, 2.24) is 4.98 Å². The van der Waals surface area contributed by atoms with Gasteiger partial charge in [-0.1, -0.05) is 11.8 Å². The zero-order chi connectivity index (χ0) is 13.0. The molecule has 0 aliphatic rings. The summed E-state index contributed by atoms with van der Waals surface area (Å²) in [6, 6.07) is 9.32. The van der Waals surface area contributed by atoms with Crippen LogP contribution in [0.25, 0.3) is 0 Å². The van der Waals surface area contributed by atoms with Crippen molar-refractivity contribution in [2.45, 2.75) is 16.7 Å². The first-order valence-corrected chi connectivity index (χ1v) is 6.29. The second kappa shape index (κ2) is 5.69. The number of esters is 1. The maximum absolute atomic E-state index is 11.3. The molecule has 3 nitrogen and oxygen atoms in total. The van der Waals surface area contributed by atoms with Crippen LogP contribution in [0.2, 0.25) is 0 Å². The van der Waals surface area contributed by atoms with Crippen molar-refractivity contribution in [1.29, 1.82) is 0 Å². The molecule has 0 fully saturated rings. The molecule has 0 spiro atoms. The summed E-state index contributed by atoms with van der Waals surface area (Å²) in [5, 5.41) is 0. The molecular formula is C14H13NO2S. The van der Waals surface area contributed by atoms with Gasteiger partial charge in [0, 0.05) is 22.2 Å². The Bertz CT molecular complexity index is 552. The third-order valence-electron chi connectivity index (χ3n) is 2.49. The minimum absolute atomic E-state index is 0.316. The fourth-order valence-electron chi connectivity index (χ4n) is 1.46. The molecule has 0 N–H and O–H groups in total. The van der Waals surface area contributed by atoms with Gasteiger partial charge in [0.2, 0.25) is 0 Å². The summed E-state index contributed by atoms with van der Waals surface area (Å²) < 4.78 is 4.66. The summed E-state index contributed by atoms with van der Waals surface area (Å²) in [6.07, 6.45) is 3.62. The number of methoxy groups -OCH3 is 1. The van der Waals surface area contributed by atoms with Gasteiger partial charge in [-0.3, -0.25) is 4.98 Å². The average Bonchev–Trinajstić information content (AvgIpc) is 2.41. The molecule has 0 aliphatic heterocycles. The van der Waals surface area contributed by atoms with Crippen LogP contribution in [-0.4, -0.2) is 18.1 Å². The fraction of sp³-hybridized carbons (Fsp3) is 0.143. The van der Waals surface area contributed by atoms with E-state index in [1.807, 2.05) is 31.3 Å². The second-order valence-corrected chi connectivity index (χ2v) is 4.87. The Morgan fingerprint density at radius 3 is 2.56 bits per heavy atom. The Labute approximate surface area is 110 Å². The van der Waals surface area contributed by atoms with Gasteiger partial charge >= 0.3 is 5.97 Å². The zero-order valence-electron chi connectivity index (χ0n) is 10.2. The molecule has 0 unspecified atom stereocenters. The maximum Gasteiger partial charge on any atom is 0.337 e. The monoisotopic (exact) mass is 259 g/mol. The third kappa shape index (κ3) is 2.90. The number of ether oxygens (including phenoxy) is 1. The molecule has 2 rings (SSSR count). The van der Waals surface area contributed by atoms with Crippen LogP contribution in [0.3, 0.4) is 0 Å². The number of carbonyl (C=O) groups is 1. The van der Waals surface area contributed by atoms with Crippen molar-refractivity contribution < 1.29 is 9.53 Å². The number of carbonyl (C=O) groups excluding carboxylic acids is 1.